The first-order valence-corrected chi connectivity index (χ1v) is 4.69. The molecule has 0 spiro atoms. The first kappa shape index (κ1) is 11.5. The molecule has 15 heavy (non-hydrogen) atoms. The van der Waals surface area contributed by atoms with E-state index in [-0.39, 0.29) is 5.82 Å². The Hall–Kier alpha value is -1.62. The molecule has 0 aliphatic heterocycles. The average molecular weight is 210 g/mol. The van der Waals surface area contributed by atoms with Crippen LogP contribution < -0.4 is 16.2 Å². The number of rotatable bonds is 2. The number of nitrogens with one attached hydrogen (secondary N) is 1. The molecule has 0 radical (unpaired) electrons. The lowest BCUT2D eigenvalue weighted by Crippen LogP contribution is -2.43. The zero-order chi connectivity index (χ0) is 11.3. The minimum atomic E-state index is -0.285. The zero-order valence-electron chi connectivity index (χ0n) is 8.87. The Morgan fingerprint density at radius 1 is 1.60 bits per heavy atom. The molecular formula is C10H15FN4. The highest BCUT2D eigenvalue weighted by Gasteiger charge is 2.07. The Balaban J connectivity index is 2.92. The van der Waals surface area contributed by atoms with Crippen molar-refractivity contribution in [3.63, 3.8) is 0 Å². The number of anilines is 1. The van der Waals surface area contributed by atoms with Gasteiger partial charge in [0.2, 0.25) is 5.96 Å². The molecule has 0 bridgehead atoms. The van der Waals surface area contributed by atoms with Crippen LogP contribution in [0.3, 0.4) is 0 Å². The van der Waals surface area contributed by atoms with E-state index in [0.29, 0.717) is 18.2 Å². The van der Waals surface area contributed by atoms with Crippen molar-refractivity contribution in [1.82, 2.24) is 5.43 Å². The summed E-state index contributed by atoms with van der Waals surface area (Å²) < 4.78 is 13.0. The van der Waals surface area contributed by atoms with Crippen LogP contribution in [0.15, 0.2) is 29.3 Å². The van der Waals surface area contributed by atoms with Crippen molar-refractivity contribution in [2.45, 2.75) is 6.92 Å². The third kappa shape index (κ3) is 2.92. The van der Waals surface area contributed by atoms with Gasteiger partial charge < -0.3 is 4.90 Å². The molecule has 0 saturated carbocycles. The standard InChI is InChI=1S/C10H15FN4/c1-3-13-10(14-12)15(2)9-6-4-5-8(11)7-9/h4-7H,3,12H2,1-2H3,(H,13,14). The van der Waals surface area contributed by atoms with Gasteiger partial charge in [0.1, 0.15) is 5.82 Å². The maximum atomic E-state index is 13.0. The summed E-state index contributed by atoms with van der Waals surface area (Å²) in [6.07, 6.45) is 0. The highest BCUT2D eigenvalue weighted by atomic mass is 19.1. The molecule has 4 nitrogen and oxygen atoms in total. The first-order chi connectivity index (χ1) is 7.19. The Kier molecular flexibility index (Phi) is 4.05. The van der Waals surface area contributed by atoms with Crippen LogP contribution in [0.25, 0.3) is 0 Å². The normalized spacial score (nSPS) is 11.3. The van der Waals surface area contributed by atoms with Crippen LogP contribution in [-0.4, -0.2) is 19.6 Å². The molecule has 0 heterocycles. The molecule has 82 valence electrons. The molecule has 0 amide bonds. The average Bonchev–Trinajstić information content (AvgIpc) is 2.25. The molecule has 3 N–H and O–H groups in total. The van der Waals surface area contributed by atoms with E-state index in [1.54, 1.807) is 24.1 Å². The molecule has 0 aliphatic carbocycles. The van der Waals surface area contributed by atoms with E-state index in [2.05, 4.69) is 10.4 Å². The van der Waals surface area contributed by atoms with Crippen molar-refractivity contribution in [3.05, 3.63) is 30.1 Å². The molecule has 0 aliphatic rings. The van der Waals surface area contributed by atoms with E-state index in [0.717, 1.165) is 0 Å². The number of halogens is 1. The lowest BCUT2D eigenvalue weighted by molar-refractivity contribution is 0.628. The highest BCUT2D eigenvalue weighted by molar-refractivity contribution is 5.95. The topological polar surface area (TPSA) is 53.6 Å². The maximum absolute atomic E-state index is 13.0. The lowest BCUT2D eigenvalue weighted by Gasteiger charge is -2.20. The summed E-state index contributed by atoms with van der Waals surface area (Å²) in [5.74, 6) is 5.54. The van der Waals surface area contributed by atoms with Gasteiger partial charge in [0, 0.05) is 19.3 Å². The van der Waals surface area contributed by atoms with Gasteiger partial charge in [-0.1, -0.05) is 6.07 Å². The van der Waals surface area contributed by atoms with E-state index < -0.39 is 0 Å². The van der Waals surface area contributed by atoms with Gasteiger partial charge in [0.25, 0.3) is 0 Å². The fourth-order valence-electron chi connectivity index (χ4n) is 1.21. The molecule has 0 unspecified atom stereocenters. The quantitative estimate of drug-likeness (QED) is 0.332. The van der Waals surface area contributed by atoms with Crippen LogP contribution in [0.1, 0.15) is 6.92 Å². The number of nitrogens with zero attached hydrogens (tertiary/aromatic N) is 2. The Morgan fingerprint density at radius 2 is 2.33 bits per heavy atom. The van der Waals surface area contributed by atoms with Gasteiger partial charge >= 0.3 is 0 Å². The van der Waals surface area contributed by atoms with Gasteiger partial charge in [-0.3, -0.25) is 10.4 Å². The minimum absolute atomic E-state index is 0.285. The zero-order valence-corrected chi connectivity index (χ0v) is 8.87. The summed E-state index contributed by atoms with van der Waals surface area (Å²) in [4.78, 5) is 5.82. The first-order valence-electron chi connectivity index (χ1n) is 4.69. The molecule has 1 aromatic carbocycles. The van der Waals surface area contributed by atoms with Crippen molar-refractivity contribution in [1.29, 1.82) is 0 Å². The fourth-order valence-corrected chi connectivity index (χ4v) is 1.21. The number of hydrogen-bond donors (Lipinski definition) is 2. The van der Waals surface area contributed by atoms with Crippen LogP contribution >= 0.6 is 0 Å². The number of benzene rings is 1. The van der Waals surface area contributed by atoms with E-state index in [9.17, 15) is 4.39 Å². The maximum Gasteiger partial charge on any atom is 0.212 e. The van der Waals surface area contributed by atoms with Gasteiger partial charge in [-0.2, -0.15) is 0 Å². The van der Waals surface area contributed by atoms with Gasteiger partial charge in [-0.25, -0.2) is 10.2 Å². The number of hydrazine groups is 1. The molecule has 0 aromatic heterocycles. The molecular weight excluding hydrogens is 195 g/mol. The second-order valence-electron chi connectivity index (χ2n) is 2.98. The largest absolute Gasteiger partial charge is 0.315 e. The Bertz CT molecular complexity index is 351. The highest BCUT2D eigenvalue weighted by Crippen LogP contribution is 2.13. The summed E-state index contributed by atoms with van der Waals surface area (Å²) in [6.45, 7) is 2.51. The van der Waals surface area contributed by atoms with Gasteiger partial charge in [-0.15, -0.1) is 0 Å². The second kappa shape index (κ2) is 5.31. The SMILES string of the molecule is CCN=C(NN)N(C)c1cccc(F)c1. The van der Waals surface area contributed by atoms with Crippen molar-refractivity contribution < 1.29 is 4.39 Å². The predicted octanol–water partition coefficient (Wildman–Crippen LogP) is 1.10. The summed E-state index contributed by atoms with van der Waals surface area (Å²) in [6, 6.07) is 6.24. The third-order valence-corrected chi connectivity index (χ3v) is 1.95. The van der Waals surface area contributed by atoms with Crippen molar-refractivity contribution in [2.75, 3.05) is 18.5 Å². The summed E-state index contributed by atoms with van der Waals surface area (Å²) >= 11 is 0. The van der Waals surface area contributed by atoms with Crippen LogP contribution in [0.2, 0.25) is 0 Å². The molecule has 1 rings (SSSR count). The van der Waals surface area contributed by atoms with Crippen LogP contribution in [0.4, 0.5) is 10.1 Å². The summed E-state index contributed by atoms with van der Waals surface area (Å²) in [7, 11) is 1.77. The molecule has 1 aromatic rings. The molecule has 0 atom stereocenters. The van der Waals surface area contributed by atoms with E-state index >= 15 is 0 Å². The van der Waals surface area contributed by atoms with Crippen molar-refractivity contribution in [3.8, 4) is 0 Å². The minimum Gasteiger partial charge on any atom is -0.315 e. The van der Waals surface area contributed by atoms with Crippen LogP contribution in [-0.2, 0) is 0 Å². The third-order valence-electron chi connectivity index (χ3n) is 1.95. The smallest absolute Gasteiger partial charge is 0.212 e. The fraction of sp³-hybridized carbons (Fsp3) is 0.300. The van der Waals surface area contributed by atoms with Gasteiger partial charge in [0.15, 0.2) is 0 Å². The van der Waals surface area contributed by atoms with E-state index in [1.807, 2.05) is 6.92 Å². The summed E-state index contributed by atoms with van der Waals surface area (Å²) in [5, 5.41) is 0. The molecule has 0 saturated heterocycles. The van der Waals surface area contributed by atoms with Crippen LogP contribution in [0.5, 0.6) is 0 Å². The van der Waals surface area contributed by atoms with Crippen LogP contribution in [0, 0.1) is 5.82 Å². The van der Waals surface area contributed by atoms with E-state index in [1.165, 1.54) is 12.1 Å². The number of guanidine groups is 1. The van der Waals surface area contributed by atoms with Gasteiger partial charge in [0.05, 0.1) is 0 Å². The lowest BCUT2D eigenvalue weighted by atomic mass is 10.3. The predicted molar refractivity (Wildman–Crippen MR) is 60.1 cm³/mol. The van der Waals surface area contributed by atoms with Crippen molar-refractivity contribution >= 4 is 11.6 Å². The van der Waals surface area contributed by atoms with Gasteiger partial charge in [-0.05, 0) is 25.1 Å². The number of nitrogens with two attached hydrogens (primary N) is 1. The number of aliphatic imine (C=N–C) groups is 1. The molecule has 5 heteroatoms. The van der Waals surface area contributed by atoms with E-state index in [4.69, 9.17) is 5.84 Å². The molecule has 0 fully saturated rings. The van der Waals surface area contributed by atoms with Crippen molar-refractivity contribution in [2.24, 2.45) is 10.8 Å². The Morgan fingerprint density at radius 3 is 2.87 bits per heavy atom. The number of hydrogen-bond acceptors (Lipinski definition) is 2. The summed E-state index contributed by atoms with van der Waals surface area (Å²) in [5.41, 5.74) is 3.17. The second-order valence-corrected chi connectivity index (χ2v) is 2.98. The Labute approximate surface area is 88.6 Å². The monoisotopic (exact) mass is 210 g/mol.